The number of carbonyl (C=O) groups excluding carboxylic acids is 2. The lowest BCUT2D eigenvalue weighted by molar-refractivity contribution is -0.126. The Morgan fingerprint density at radius 2 is 1.57 bits per heavy atom. The lowest BCUT2D eigenvalue weighted by Crippen LogP contribution is -2.46. The Hall–Kier alpha value is -3.53. The van der Waals surface area contributed by atoms with Gasteiger partial charge in [0.25, 0.3) is 5.91 Å². The summed E-state index contributed by atoms with van der Waals surface area (Å²) in [5, 5.41) is 3.21. The first kappa shape index (κ1) is 29.9. The minimum absolute atomic E-state index is 0.0983. The molecule has 222 valence electrons. The fourth-order valence-electron chi connectivity index (χ4n) is 5.69. The Labute approximate surface area is 248 Å². The molecular formula is C33H39N3O5S. The average molecular weight is 590 g/mol. The van der Waals surface area contributed by atoms with Gasteiger partial charge in [0.15, 0.2) is 0 Å². The first-order valence-electron chi connectivity index (χ1n) is 14.7. The van der Waals surface area contributed by atoms with Crippen molar-refractivity contribution in [2.45, 2.75) is 56.0 Å². The van der Waals surface area contributed by atoms with E-state index in [0.717, 1.165) is 42.4 Å². The summed E-state index contributed by atoms with van der Waals surface area (Å²) in [5.41, 5.74) is 3.19. The second-order valence-electron chi connectivity index (χ2n) is 11.1. The lowest BCUT2D eigenvalue weighted by atomic mass is 10.00. The van der Waals surface area contributed by atoms with E-state index >= 15 is 0 Å². The normalized spacial score (nSPS) is 17.1. The summed E-state index contributed by atoms with van der Waals surface area (Å²) >= 11 is 0. The van der Waals surface area contributed by atoms with Gasteiger partial charge >= 0.3 is 0 Å². The van der Waals surface area contributed by atoms with Crippen molar-refractivity contribution in [3.63, 3.8) is 0 Å². The van der Waals surface area contributed by atoms with Crippen molar-refractivity contribution in [1.82, 2.24) is 14.5 Å². The van der Waals surface area contributed by atoms with Gasteiger partial charge in [-0.25, -0.2) is 8.42 Å². The van der Waals surface area contributed by atoms with E-state index in [1.807, 2.05) is 61.5 Å². The van der Waals surface area contributed by atoms with Crippen LogP contribution in [0.3, 0.4) is 0 Å². The number of hydrogen-bond donors (Lipinski definition) is 1. The minimum atomic E-state index is -3.70. The molecule has 0 spiro atoms. The summed E-state index contributed by atoms with van der Waals surface area (Å²) in [6, 6.07) is 22.9. The zero-order chi connectivity index (χ0) is 29.5. The van der Waals surface area contributed by atoms with Crippen molar-refractivity contribution in [3.05, 3.63) is 101 Å². The SMILES string of the molecule is Cc1ccc(C(C(=O)NC2CCCC2)N(CCc2ccccc2)C(=O)c2ccc(S(=O)(=O)N3CCOCC3)cc2)cc1. The fraction of sp³-hybridized carbons (Fsp3) is 0.394. The van der Waals surface area contributed by atoms with Crippen molar-refractivity contribution in [3.8, 4) is 0 Å². The highest BCUT2D eigenvalue weighted by Gasteiger charge is 2.34. The Morgan fingerprint density at radius 3 is 2.21 bits per heavy atom. The third-order valence-corrected chi connectivity index (χ3v) is 10.0. The maximum atomic E-state index is 14.2. The third kappa shape index (κ3) is 7.09. The molecule has 3 aromatic carbocycles. The highest BCUT2D eigenvalue weighted by molar-refractivity contribution is 7.89. The van der Waals surface area contributed by atoms with Crippen molar-refractivity contribution < 1.29 is 22.7 Å². The number of rotatable bonds is 10. The predicted molar refractivity (Wildman–Crippen MR) is 162 cm³/mol. The van der Waals surface area contributed by atoms with Gasteiger partial charge in [-0.15, -0.1) is 0 Å². The molecule has 1 atom stereocenters. The highest BCUT2D eigenvalue weighted by atomic mass is 32.2. The van der Waals surface area contributed by atoms with Crippen molar-refractivity contribution in [2.75, 3.05) is 32.8 Å². The molecule has 42 heavy (non-hydrogen) atoms. The van der Waals surface area contributed by atoms with E-state index in [-0.39, 0.29) is 22.8 Å². The number of amides is 2. The summed E-state index contributed by atoms with van der Waals surface area (Å²) in [6.45, 7) is 3.61. The van der Waals surface area contributed by atoms with E-state index in [0.29, 0.717) is 44.8 Å². The number of nitrogens with one attached hydrogen (secondary N) is 1. The monoisotopic (exact) mass is 589 g/mol. The van der Waals surface area contributed by atoms with Crippen LogP contribution in [0.25, 0.3) is 0 Å². The van der Waals surface area contributed by atoms with Gasteiger partial charge in [0, 0.05) is 31.2 Å². The number of ether oxygens (including phenoxy) is 1. The Bertz CT molecular complexity index is 1450. The minimum Gasteiger partial charge on any atom is -0.379 e. The average Bonchev–Trinajstić information content (AvgIpc) is 3.53. The molecule has 5 rings (SSSR count). The van der Waals surface area contributed by atoms with Crippen LogP contribution in [0.5, 0.6) is 0 Å². The first-order chi connectivity index (χ1) is 20.3. The predicted octanol–water partition coefficient (Wildman–Crippen LogP) is 4.50. The third-order valence-electron chi connectivity index (χ3n) is 8.11. The first-order valence-corrected chi connectivity index (χ1v) is 16.2. The van der Waals surface area contributed by atoms with Crippen LogP contribution < -0.4 is 5.32 Å². The molecule has 1 unspecified atom stereocenters. The molecule has 1 N–H and O–H groups in total. The number of sulfonamides is 1. The van der Waals surface area contributed by atoms with Crippen molar-refractivity contribution in [2.24, 2.45) is 0 Å². The van der Waals surface area contributed by atoms with E-state index < -0.39 is 16.1 Å². The maximum absolute atomic E-state index is 14.2. The molecule has 0 radical (unpaired) electrons. The van der Waals surface area contributed by atoms with Crippen molar-refractivity contribution in [1.29, 1.82) is 0 Å². The fourth-order valence-corrected chi connectivity index (χ4v) is 7.09. The molecule has 0 bridgehead atoms. The molecule has 8 nitrogen and oxygen atoms in total. The molecule has 1 aliphatic carbocycles. The van der Waals surface area contributed by atoms with Crippen LogP contribution >= 0.6 is 0 Å². The van der Waals surface area contributed by atoms with Crippen LogP contribution in [-0.4, -0.2) is 68.3 Å². The van der Waals surface area contributed by atoms with E-state index in [2.05, 4.69) is 5.32 Å². The van der Waals surface area contributed by atoms with Crippen molar-refractivity contribution >= 4 is 21.8 Å². The summed E-state index contributed by atoms with van der Waals surface area (Å²) in [6.07, 6.45) is 4.59. The lowest BCUT2D eigenvalue weighted by Gasteiger charge is -2.32. The number of morpholine rings is 1. The van der Waals surface area contributed by atoms with Gasteiger partial charge in [-0.2, -0.15) is 4.31 Å². The van der Waals surface area contributed by atoms with E-state index in [9.17, 15) is 18.0 Å². The molecule has 2 aliphatic rings. The number of benzene rings is 3. The number of carbonyl (C=O) groups is 2. The molecule has 2 fully saturated rings. The molecule has 1 heterocycles. The highest BCUT2D eigenvalue weighted by Crippen LogP contribution is 2.27. The smallest absolute Gasteiger partial charge is 0.254 e. The van der Waals surface area contributed by atoms with E-state index in [4.69, 9.17) is 4.74 Å². The molecule has 1 aliphatic heterocycles. The Balaban J connectivity index is 1.47. The van der Waals surface area contributed by atoms with Gasteiger partial charge in [-0.05, 0) is 61.6 Å². The largest absolute Gasteiger partial charge is 0.379 e. The quantitative estimate of drug-likeness (QED) is 0.376. The Morgan fingerprint density at radius 1 is 0.929 bits per heavy atom. The van der Waals surface area contributed by atoms with Crippen LogP contribution in [0.2, 0.25) is 0 Å². The van der Waals surface area contributed by atoms with Gasteiger partial charge in [-0.3, -0.25) is 9.59 Å². The van der Waals surface area contributed by atoms with Crippen LogP contribution in [0.15, 0.2) is 83.8 Å². The van der Waals surface area contributed by atoms with Gasteiger partial charge < -0.3 is 15.0 Å². The molecule has 3 aromatic rings. The summed E-state index contributed by atoms with van der Waals surface area (Å²) in [5.74, 6) is -0.521. The van der Waals surface area contributed by atoms with Crippen LogP contribution in [0.1, 0.15) is 58.8 Å². The van der Waals surface area contributed by atoms with Gasteiger partial charge in [0.05, 0.1) is 18.1 Å². The zero-order valence-corrected chi connectivity index (χ0v) is 24.9. The van der Waals surface area contributed by atoms with Gasteiger partial charge in [-0.1, -0.05) is 73.0 Å². The number of aryl methyl sites for hydroxylation is 1. The molecule has 0 aromatic heterocycles. The van der Waals surface area contributed by atoms with Crippen LogP contribution in [0.4, 0.5) is 0 Å². The second kappa shape index (κ2) is 13.6. The van der Waals surface area contributed by atoms with Gasteiger partial charge in [0.2, 0.25) is 15.9 Å². The summed E-state index contributed by atoms with van der Waals surface area (Å²) < 4.78 is 33.0. The molecule has 1 saturated heterocycles. The molecule has 1 saturated carbocycles. The van der Waals surface area contributed by atoms with E-state index in [1.165, 1.54) is 16.4 Å². The molecule has 9 heteroatoms. The zero-order valence-electron chi connectivity index (χ0n) is 24.1. The van der Waals surface area contributed by atoms with Crippen LogP contribution in [0, 0.1) is 6.92 Å². The summed E-state index contributed by atoms with van der Waals surface area (Å²) in [4.78, 5) is 29.9. The van der Waals surface area contributed by atoms with Gasteiger partial charge in [0.1, 0.15) is 6.04 Å². The van der Waals surface area contributed by atoms with E-state index in [1.54, 1.807) is 17.0 Å². The Kier molecular flexibility index (Phi) is 9.72. The molecular weight excluding hydrogens is 550 g/mol. The standard InChI is InChI=1S/C33H39N3O5S/c1-25-11-13-27(14-12-25)31(32(37)34-29-9-5-6-10-29)36(20-19-26-7-3-2-4-8-26)33(38)28-15-17-30(18-16-28)42(39,40)35-21-23-41-24-22-35/h2-4,7-8,11-18,29,31H,5-6,9-10,19-24H2,1H3,(H,34,37). The van der Waals surface area contributed by atoms with Crippen LogP contribution in [-0.2, 0) is 26.0 Å². The molecule has 2 amide bonds. The second-order valence-corrected chi connectivity index (χ2v) is 13.0. The number of nitrogens with zero attached hydrogens (tertiary/aromatic N) is 2. The summed E-state index contributed by atoms with van der Waals surface area (Å²) in [7, 11) is -3.70. The number of hydrogen-bond acceptors (Lipinski definition) is 5. The topological polar surface area (TPSA) is 96.0 Å². The maximum Gasteiger partial charge on any atom is 0.254 e.